The van der Waals surface area contributed by atoms with E-state index < -0.39 is 16.0 Å². The minimum absolute atomic E-state index is 0.0160. The van der Waals surface area contributed by atoms with E-state index in [1.54, 1.807) is 43.5 Å². The Kier molecular flexibility index (Phi) is 7.10. The largest absolute Gasteiger partial charge is 0.497 e. The van der Waals surface area contributed by atoms with Gasteiger partial charge >= 0.3 is 5.97 Å². The molecule has 1 N–H and O–H groups in total. The summed E-state index contributed by atoms with van der Waals surface area (Å²) in [6.45, 7) is 0.144. The zero-order valence-electron chi connectivity index (χ0n) is 16.2. The van der Waals surface area contributed by atoms with Crippen molar-refractivity contribution in [3.05, 3.63) is 94.5 Å². The van der Waals surface area contributed by atoms with E-state index >= 15 is 0 Å². The molecule has 3 aromatic carbocycles. The van der Waals surface area contributed by atoms with Gasteiger partial charge in [-0.1, -0.05) is 54.1 Å². The van der Waals surface area contributed by atoms with E-state index in [4.69, 9.17) is 21.1 Å². The van der Waals surface area contributed by atoms with Gasteiger partial charge in [-0.05, 0) is 41.5 Å². The van der Waals surface area contributed by atoms with Crippen LogP contribution in [0.25, 0.3) is 0 Å². The fourth-order valence-electron chi connectivity index (χ4n) is 2.64. The summed E-state index contributed by atoms with van der Waals surface area (Å²) < 4.78 is 38.2. The van der Waals surface area contributed by atoms with E-state index in [0.29, 0.717) is 5.75 Å². The Hall–Kier alpha value is -2.87. The Bertz CT molecular complexity index is 1120. The summed E-state index contributed by atoms with van der Waals surface area (Å²) in [6, 6.07) is 20.2. The normalized spacial score (nSPS) is 11.1. The molecule has 156 valence electrons. The van der Waals surface area contributed by atoms with Gasteiger partial charge in [-0.2, -0.15) is 0 Å². The molecule has 0 aliphatic rings. The van der Waals surface area contributed by atoms with Gasteiger partial charge in [0.25, 0.3) is 0 Å². The van der Waals surface area contributed by atoms with E-state index in [2.05, 4.69) is 4.72 Å². The standard InChI is InChI=1S/C22H20ClNO5S/c1-28-19-10-7-17(8-11-19)15-29-22(25)18-9-12-20(23)21(13-18)30(26,27)24-14-16-5-3-2-4-6-16/h2-13,24H,14-15H2,1H3. The van der Waals surface area contributed by atoms with E-state index in [-0.39, 0.29) is 28.6 Å². The first-order valence-corrected chi connectivity index (χ1v) is 10.9. The lowest BCUT2D eigenvalue weighted by atomic mass is 10.2. The third kappa shape index (κ3) is 5.60. The molecule has 0 aromatic heterocycles. The van der Waals surface area contributed by atoms with Crippen molar-refractivity contribution < 1.29 is 22.7 Å². The van der Waals surface area contributed by atoms with Crippen molar-refractivity contribution in [3.63, 3.8) is 0 Å². The van der Waals surface area contributed by atoms with Gasteiger partial charge in [-0.3, -0.25) is 0 Å². The molecule has 3 aromatic rings. The minimum atomic E-state index is -3.92. The van der Waals surface area contributed by atoms with Gasteiger partial charge in [0.05, 0.1) is 17.7 Å². The van der Waals surface area contributed by atoms with Crippen molar-refractivity contribution in [2.45, 2.75) is 18.0 Å². The van der Waals surface area contributed by atoms with E-state index in [0.717, 1.165) is 11.1 Å². The third-order valence-corrected chi connectivity index (χ3v) is 6.18. The topological polar surface area (TPSA) is 81.7 Å². The number of nitrogens with one attached hydrogen (secondary N) is 1. The molecule has 0 fully saturated rings. The summed E-state index contributed by atoms with van der Waals surface area (Å²) in [5, 5.41) is 0.0160. The number of ether oxygens (including phenoxy) is 2. The summed E-state index contributed by atoms with van der Waals surface area (Å²) in [5.74, 6) is 0.0441. The second kappa shape index (κ2) is 9.75. The second-order valence-electron chi connectivity index (χ2n) is 6.38. The highest BCUT2D eigenvalue weighted by Crippen LogP contribution is 2.23. The lowest BCUT2D eigenvalue weighted by molar-refractivity contribution is 0.0472. The molecule has 0 spiro atoms. The van der Waals surface area contributed by atoms with Crippen LogP contribution in [0, 0.1) is 0 Å². The zero-order chi connectivity index (χ0) is 21.6. The first-order valence-electron chi connectivity index (χ1n) is 9.02. The monoisotopic (exact) mass is 445 g/mol. The molecule has 0 aliphatic carbocycles. The van der Waals surface area contributed by atoms with Gasteiger partial charge in [-0.25, -0.2) is 17.9 Å². The smallest absolute Gasteiger partial charge is 0.338 e. The van der Waals surface area contributed by atoms with Crippen LogP contribution >= 0.6 is 11.6 Å². The number of benzene rings is 3. The molecular formula is C22H20ClNO5S. The van der Waals surface area contributed by atoms with Crippen molar-refractivity contribution in [1.29, 1.82) is 0 Å². The number of sulfonamides is 1. The van der Waals surface area contributed by atoms with Gasteiger partial charge in [0.15, 0.2) is 0 Å². The predicted octanol–water partition coefficient (Wildman–Crippen LogP) is 4.18. The molecule has 0 amide bonds. The maximum atomic E-state index is 12.7. The van der Waals surface area contributed by atoms with Crippen molar-refractivity contribution in [2.24, 2.45) is 0 Å². The Labute approximate surface area is 180 Å². The number of carbonyl (C=O) groups is 1. The summed E-state index contributed by atoms with van der Waals surface area (Å²) in [6.07, 6.45) is 0. The van der Waals surface area contributed by atoms with Crippen LogP contribution in [0.2, 0.25) is 5.02 Å². The number of esters is 1. The van der Waals surface area contributed by atoms with Crippen molar-refractivity contribution in [2.75, 3.05) is 7.11 Å². The second-order valence-corrected chi connectivity index (χ2v) is 8.52. The van der Waals surface area contributed by atoms with Crippen LogP contribution in [0.4, 0.5) is 0 Å². The van der Waals surface area contributed by atoms with Crippen LogP contribution in [-0.4, -0.2) is 21.5 Å². The number of methoxy groups -OCH3 is 1. The van der Waals surface area contributed by atoms with Crippen LogP contribution in [-0.2, 0) is 27.9 Å². The third-order valence-electron chi connectivity index (χ3n) is 4.29. The maximum absolute atomic E-state index is 12.7. The number of carbonyl (C=O) groups excluding carboxylic acids is 1. The van der Waals surface area contributed by atoms with Crippen LogP contribution in [0.3, 0.4) is 0 Å². The predicted molar refractivity (Wildman–Crippen MR) is 114 cm³/mol. The Morgan fingerprint density at radius 3 is 2.33 bits per heavy atom. The highest BCUT2D eigenvalue weighted by atomic mass is 35.5. The SMILES string of the molecule is COc1ccc(COC(=O)c2ccc(Cl)c(S(=O)(=O)NCc3ccccc3)c2)cc1. The molecular weight excluding hydrogens is 426 g/mol. The van der Waals surface area contributed by atoms with Gasteiger partial charge < -0.3 is 9.47 Å². The molecule has 0 heterocycles. The first-order chi connectivity index (χ1) is 14.4. The van der Waals surface area contributed by atoms with Crippen molar-refractivity contribution in [3.8, 4) is 5.75 Å². The van der Waals surface area contributed by atoms with E-state index in [9.17, 15) is 13.2 Å². The summed E-state index contributed by atoms with van der Waals surface area (Å²) in [5.41, 5.74) is 1.66. The quantitative estimate of drug-likeness (QED) is 0.526. The summed E-state index contributed by atoms with van der Waals surface area (Å²) in [4.78, 5) is 12.2. The zero-order valence-corrected chi connectivity index (χ0v) is 17.7. The fraction of sp³-hybridized carbons (Fsp3) is 0.136. The van der Waals surface area contributed by atoms with Gasteiger partial charge in [0, 0.05) is 6.54 Å². The van der Waals surface area contributed by atoms with Crippen LogP contribution < -0.4 is 9.46 Å². The highest BCUT2D eigenvalue weighted by Gasteiger charge is 2.20. The Morgan fingerprint density at radius 2 is 1.67 bits per heavy atom. The highest BCUT2D eigenvalue weighted by molar-refractivity contribution is 7.89. The molecule has 0 radical (unpaired) electrons. The molecule has 3 rings (SSSR count). The van der Waals surface area contributed by atoms with Crippen LogP contribution in [0.15, 0.2) is 77.7 Å². The fourth-order valence-corrected chi connectivity index (χ4v) is 4.18. The number of halogens is 1. The molecule has 0 saturated carbocycles. The average molecular weight is 446 g/mol. The van der Waals surface area contributed by atoms with E-state index in [1.165, 1.54) is 18.2 Å². The van der Waals surface area contributed by atoms with Gasteiger partial charge in [-0.15, -0.1) is 0 Å². The molecule has 0 saturated heterocycles. The molecule has 0 atom stereocenters. The average Bonchev–Trinajstić information content (AvgIpc) is 2.77. The van der Waals surface area contributed by atoms with Crippen LogP contribution in [0.5, 0.6) is 5.75 Å². The Morgan fingerprint density at radius 1 is 0.967 bits per heavy atom. The lowest BCUT2D eigenvalue weighted by Gasteiger charge is -2.11. The van der Waals surface area contributed by atoms with Gasteiger partial charge in [0.2, 0.25) is 10.0 Å². The molecule has 6 nitrogen and oxygen atoms in total. The lowest BCUT2D eigenvalue weighted by Crippen LogP contribution is -2.24. The van der Waals surface area contributed by atoms with E-state index in [1.807, 2.05) is 18.2 Å². The number of rotatable bonds is 8. The number of hydrogen-bond donors (Lipinski definition) is 1. The molecule has 0 bridgehead atoms. The molecule has 0 aliphatic heterocycles. The maximum Gasteiger partial charge on any atom is 0.338 e. The van der Waals surface area contributed by atoms with Crippen molar-refractivity contribution >= 4 is 27.6 Å². The summed E-state index contributed by atoms with van der Waals surface area (Å²) in [7, 11) is -2.36. The van der Waals surface area contributed by atoms with Crippen LogP contribution in [0.1, 0.15) is 21.5 Å². The van der Waals surface area contributed by atoms with Crippen molar-refractivity contribution in [1.82, 2.24) is 4.72 Å². The molecule has 30 heavy (non-hydrogen) atoms. The molecule has 8 heteroatoms. The van der Waals surface area contributed by atoms with Gasteiger partial charge in [0.1, 0.15) is 17.3 Å². The first kappa shape index (κ1) is 21.8. The summed E-state index contributed by atoms with van der Waals surface area (Å²) >= 11 is 6.09. The molecule has 0 unspecified atom stereocenters. The Balaban J connectivity index is 1.70. The number of hydrogen-bond acceptors (Lipinski definition) is 5. The minimum Gasteiger partial charge on any atom is -0.497 e.